The molecular weight excluding hydrogens is 204 g/mol. The molecule has 16 heavy (non-hydrogen) atoms. The highest BCUT2D eigenvalue weighted by Crippen LogP contribution is 2.20. The van der Waals surface area contributed by atoms with Crippen LogP contribution < -0.4 is 0 Å². The quantitative estimate of drug-likeness (QED) is 0.566. The van der Waals surface area contributed by atoms with E-state index >= 15 is 0 Å². The maximum atomic E-state index is 10.5. The van der Waals surface area contributed by atoms with Crippen LogP contribution in [-0.4, -0.2) is 22.9 Å². The average molecular weight is 220 g/mol. The van der Waals surface area contributed by atoms with Gasteiger partial charge in [-0.3, -0.25) is 10.1 Å². The summed E-state index contributed by atoms with van der Waals surface area (Å²) in [5.74, 6) is 0. The van der Waals surface area contributed by atoms with Crippen LogP contribution in [0.4, 0.5) is 5.69 Å². The molecule has 0 N–H and O–H groups in total. The normalized spacial score (nSPS) is 9.88. The number of hydrogen-bond acceptors (Lipinski definition) is 3. The first-order chi connectivity index (χ1) is 7.60. The van der Waals surface area contributed by atoms with Gasteiger partial charge in [-0.2, -0.15) is 0 Å². The summed E-state index contributed by atoms with van der Waals surface area (Å²) in [6, 6.07) is 6.48. The second-order valence-corrected chi connectivity index (χ2v) is 3.42. The second-order valence-electron chi connectivity index (χ2n) is 3.42. The molecule has 0 unspecified atom stereocenters. The molecule has 86 valence electrons. The van der Waals surface area contributed by atoms with Crippen molar-refractivity contribution in [3.63, 3.8) is 0 Å². The Bertz CT molecular complexity index is 381. The summed E-state index contributed by atoms with van der Waals surface area (Å²) >= 11 is 0. The summed E-state index contributed by atoms with van der Waals surface area (Å²) in [7, 11) is 0. The lowest BCUT2D eigenvalue weighted by Crippen LogP contribution is -2.20. The maximum Gasteiger partial charge on any atom is 0.269 e. The smallest absolute Gasteiger partial charge is 0.269 e. The third kappa shape index (κ3) is 2.59. The van der Waals surface area contributed by atoms with Crippen molar-refractivity contribution in [1.82, 2.24) is 4.90 Å². The standard InChI is InChI=1S/C12H16N2O2/c1-4-13(5-2)10(3)11-6-8-12(9-7-11)14(15)16/h6-9H,3-5H2,1-2H3. The average Bonchev–Trinajstić information content (AvgIpc) is 2.30. The third-order valence-electron chi connectivity index (χ3n) is 2.56. The summed E-state index contributed by atoms with van der Waals surface area (Å²) < 4.78 is 0. The first-order valence-corrected chi connectivity index (χ1v) is 5.28. The van der Waals surface area contributed by atoms with Crippen LogP contribution in [0.2, 0.25) is 0 Å². The SMILES string of the molecule is C=C(c1ccc([N+](=O)[O-])cc1)N(CC)CC. The molecule has 1 rings (SSSR count). The van der Waals surface area contributed by atoms with E-state index in [1.165, 1.54) is 12.1 Å². The highest BCUT2D eigenvalue weighted by atomic mass is 16.6. The van der Waals surface area contributed by atoms with Gasteiger partial charge in [-0.05, 0) is 31.5 Å². The van der Waals surface area contributed by atoms with E-state index < -0.39 is 4.92 Å². The van der Waals surface area contributed by atoms with E-state index in [0.717, 1.165) is 24.4 Å². The van der Waals surface area contributed by atoms with Gasteiger partial charge < -0.3 is 4.90 Å². The lowest BCUT2D eigenvalue weighted by molar-refractivity contribution is -0.384. The van der Waals surface area contributed by atoms with Crippen LogP contribution in [0.25, 0.3) is 5.70 Å². The molecule has 0 bridgehead atoms. The van der Waals surface area contributed by atoms with Crippen LogP contribution in [0.3, 0.4) is 0 Å². The predicted octanol–water partition coefficient (Wildman–Crippen LogP) is 2.91. The molecule has 0 fully saturated rings. The van der Waals surface area contributed by atoms with Crippen LogP contribution in [0.15, 0.2) is 30.8 Å². The van der Waals surface area contributed by atoms with E-state index in [0.29, 0.717) is 0 Å². The van der Waals surface area contributed by atoms with Gasteiger partial charge in [0.05, 0.1) is 4.92 Å². The monoisotopic (exact) mass is 220 g/mol. The van der Waals surface area contributed by atoms with Crippen LogP contribution >= 0.6 is 0 Å². The Balaban J connectivity index is 2.89. The van der Waals surface area contributed by atoms with Crippen LogP contribution in [-0.2, 0) is 0 Å². The molecule has 0 saturated heterocycles. The minimum atomic E-state index is -0.399. The van der Waals surface area contributed by atoms with Crippen molar-refractivity contribution < 1.29 is 4.92 Å². The van der Waals surface area contributed by atoms with Gasteiger partial charge in [0.1, 0.15) is 0 Å². The summed E-state index contributed by atoms with van der Waals surface area (Å²) in [5.41, 5.74) is 1.94. The fraction of sp³-hybridized carbons (Fsp3) is 0.333. The molecule has 0 amide bonds. The molecule has 0 aliphatic heterocycles. The van der Waals surface area contributed by atoms with Crippen LogP contribution in [0.5, 0.6) is 0 Å². The summed E-state index contributed by atoms with van der Waals surface area (Å²) in [5, 5.41) is 10.5. The first kappa shape index (κ1) is 12.2. The van der Waals surface area contributed by atoms with E-state index in [1.54, 1.807) is 12.1 Å². The van der Waals surface area contributed by atoms with E-state index in [2.05, 4.69) is 25.3 Å². The molecule has 0 atom stereocenters. The molecule has 0 radical (unpaired) electrons. The molecule has 1 aromatic rings. The number of rotatable bonds is 5. The molecule has 4 nitrogen and oxygen atoms in total. The Morgan fingerprint density at radius 3 is 2.19 bits per heavy atom. The zero-order valence-electron chi connectivity index (χ0n) is 9.64. The van der Waals surface area contributed by atoms with Gasteiger partial charge in [-0.25, -0.2) is 0 Å². The predicted molar refractivity (Wildman–Crippen MR) is 65.1 cm³/mol. The Kier molecular flexibility index (Phi) is 4.05. The number of non-ortho nitro benzene ring substituents is 1. The Labute approximate surface area is 95.3 Å². The zero-order chi connectivity index (χ0) is 12.1. The van der Waals surface area contributed by atoms with Crippen molar-refractivity contribution in [3.05, 3.63) is 46.5 Å². The molecule has 0 aromatic heterocycles. The Morgan fingerprint density at radius 1 is 1.31 bits per heavy atom. The van der Waals surface area contributed by atoms with Crippen molar-refractivity contribution in [2.45, 2.75) is 13.8 Å². The van der Waals surface area contributed by atoms with Gasteiger partial charge in [0.2, 0.25) is 0 Å². The Hall–Kier alpha value is -1.84. The topological polar surface area (TPSA) is 46.4 Å². The fourth-order valence-corrected chi connectivity index (χ4v) is 1.56. The number of hydrogen-bond donors (Lipinski definition) is 0. The third-order valence-corrected chi connectivity index (χ3v) is 2.56. The van der Waals surface area contributed by atoms with Crippen molar-refractivity contribution in [2.75, 3.05) is 13.1 Å². The highest BCUT2D eigenvalue weighted by Gasteiger charge is 2.08. The summed E-state index contributed by atoms with van der Waals surface area (Å²) in [4.78, 5) is 12.2. The lowest BCUT2D eigenvalue weighted by Gasteiger charge is -2.23. The molecule has 0 spiro atoms. The largest absolute Gasteiger partial charge is 0.372 e. The Morgan fingerprint density at radius 2 is 1.81 bits per heavy atom. The van der Waals surface area contributed by atoms with Gasteiger partial charge in [-0.1, -0.05) is 6.58 Å². The molecule has 0 aliphatic rings. The molecule has 0 aliphatic carbocycles. The van der Waals surface area contributed by atoms with Crippen molar-refractivity contribution in [1.29, 1.82) is 0 Å². The van der Waals surface area contributed by atoms with Crippen molar-refractivity contribution in [2.24, 2.45) is 0 Å². The number of nitro groups is 1. The van der Waals surface area contributed by atoms with Gasteiger partial charge in [0.25, 0.3) is 5.69 Å². The van der Waals surface area contributed by atoms with Gasteiger partial charge in [0.15, 0.2) is 0 Å². The van der Waals surface area contributed by atoms with Gasteiger partial charge >= 0.3 is 0 Å². The summed E-state index contributed by atoms with van der Waals surface area (Å²) in [6.45, 7) is 9.87. The van der Waals surface area contributed by atoms with Crippen molar-refractivity contribution in [3.8, 4) is 0 Å². The summed E-state index contributed by atoms with van der Waals surface area (Å²) in [6.07, 6.45) is 0. The second kappa shape index (κ2) is 5.30. The fourth-order valence-electron chi connectivity index (χ4n) is 1.56. The molecule has 0 saturated carbocycles. The minimum Gasteiger partial charge on any atom is -0.372 e. The maximum absolute atomic E-state index is 10.5. The number of nitro benzene ring substituents is 1. The lowest BCUT2D eigenvalue weighted by atomic mass is 10.1. The van der Waals surface area contributed by atoms with Crippen LogP contribution in [0, 0.1) is 10.1 Å². The molecule has 0 heterocycles. The molecule has 4 heteroatoms. The minimum absolute atomic E-state index is 0.107. The van der Waals surface area contributed by atoms with Gasteiger partial charge in [0, 0.05) is 30.9 Å². The van der Waals surface area contributed by atoms with Crippen LogP contribution in [0.1, 0.15) is 19.4 Å². The van der Waals surface area contributed by atoms with Gasteiger partial charge in [-0.15, -0.1) is 0 Å². The van der Waals surface area contributed by atoms with E-state index in [1.807, 2.05) is 0 Å². The molecule has 1 aromatic carbocycles. The van der Waals surface area contributed by atoms with E-state index in [9.17, 15) is 10.1 Å². The van der Waals surface area contributed by atoms with E-state index in [4.69, 9.17) is 0 Å². The zero-order valence-corrected chi connectivity index (χ0v) is 9.64. The molecular formula is C12H16N2O2. The number of benzene rings is 1. The van der Waals surface area contributed by atoms with E-state index in [-0.39, 0.29) is 5.69 Å². The van der Waals surface area contributed by atoms with Crippen molar-refractivity contribution >= 4 is 11.4 Å². The first-order valence-electron chi connectivity index (χ1n) is 5.28. The number of nitrogens with zero attached hydrogens (tertiary/aromatic N) is 2. The highest BCUT2D eigenvalue weighted by molar-refractivity contribution is 5.62.